The van der Waals surface area contributed by atoms with E-state index < -0.39 is 17.8 Å². The van der Waals surface area contributed by atoms with Crippen molar-refractivity contribution in [3.05, 3.63) is 103 Å². The molecule has 0 radical (unpaired) electrons. The minimum atomic E-state index is -0.799. The molecule has 37 heavy (non-hydrogen) atoms. The molecule has 7 nitrogen and oxygen atoms in total. The summed E-state index contributed by atoms with van der Waals surface area (Å²) < 4.78 is 32.2. The van der Waals surface area contributed by atoms with E-state index in [4.69, 9.17) is 14.2 Å². The summed E-state index contributed by atoms with van der Waals surface area (Å²) in [6, 6.07) is 10.3. The number of thiazole rings is 1. The van der Waals surface area contributed by atoms with Crippen molar-refractivity contribution in [1.29, 1.82) is 0 Å². The van der Waals surface area contributed by atoms with Crippen molar-refractivity contribution >= 4 is 23.4 Å². The van der Waals surface area contributed by atoms with Crippen molar-refractivity contribution in [2.75, 3.05) is 19.8 Å². The van der Waals surface area contributed by atoms with Crippen molar-refractivity contribution in [2.24, 2.45) is 4.99 Å². The van der Waals surface area contributed by atoms with Crippen LogP contribution in [-0.4, -0.2) is 30.4 Å². The van der Waals surface area contributed by atoms with E-state index in [9.17, 15) is 14.0 Å². The first kappa shape index (κ1) is 26.1. The zero-order valence-corrected chi connectivity index (χ0v) is 21.6. The second kappa shape index (κ2) is 11.4. The summed E-state index contributed by atoms with van der Waals surface area (Å²) >= 11 is 1.21. The van der Waals surface area contributed by atoms with Crippen LogP contribution in [0.4, 0.5) is 4.39 Å². The number of hydrogen-bond acceptors (Lipinski definition) is 7. The van der Waals surface area contributed by atoms with Crippen molar-refractivity contribution in [3.8, 4) is 11.5 Å². The molecule has 4 rings (SSSR count). The average molecular weight is 523 g/mol. The third-order valence-electron chi connectivity index (χ3n) is 5.62. The number of allylic oxidation sites excluding steroid dienone is 1. The van der Waals surface area contributed by atoms with Gasteiger partial charge in [-0.25, -0.2) is 14.2 Å². The Morgan fingerprint density at radius 2 is 1.89 bits per heavy atom. The summed E-state index contributed by atoms with van der Waals surface area (Å²) in [5, 5.41) is 0. The molecule has 1 aliphatic heterocycles. The van der Waals surface area contributed by atoms with E-state index in [0.717, 1.165) is 5.56 Å². The van der Waals surface area contributed by atoms with E-state index in [1.54, 1.807) is 50.3 Å². The average Bonchev–Trinajstić information content (AvgIpc) is 3.17. The third-order valence-corrected chi connectivity index (χ3v) is 6.61. The highest BCUT2D eigenvalue weighted by molar-refractivity contribution is 7.07. The zero-order chi connectivity index (χ0) is 26.5. The highest BCUT2D eigenvalue weighted by Gasteiger charge is 2.33. The molecule has 1 aromatic heterocycles. The number of halogens is 1. The molecule has 0 spiro atoms. The first-order valence-corrected chi connectivity index (χ1v) is 12.6. The van der Waals surface area contributed by atoms with Gasteiger partial charge in [-0.2, -0.15) is 0 Å². The second-order valence-corrected chi connectivity index (χ2v) is 9.10. The van der Waals surface area contributed by atoms with E-state index >= 15 is 0 Å². The van der Waals surface area contributed by atoms with Crippen molar-refractivity contribution < 1.29 is 23.4 Å². The Morgan fingerprint density at radius 3 is 2.57 bits per heavy atom. The Balaban J connectivity index is 1.87. The van der Waals surface area contributed by atoms with E-state index in [2.05, 4.69) is 11.6 Å². The van der Waals surface area contributed by atoms with Gasteiger partial charge in [-0.15, -0.1) is 0 Å². The van der Waals surface area contributed by atoms with Crippen molar-refractivity contribution in [3.63, 3.8) is 0 Å². The Kier molecular flexibility index (Phi) is 8.03. The largest absolute Gasteiger partial charge is 0.490 e. The molecule has 0 saturated carbocycles. The molecule has 0 unspecified atom stereocenters. The van der Waals surface area contributed by atoms with Gasteiger partial charge in [-0.1, -0.05) is 42.2 Å². The SMILES string of the molecule is C=CCOc1ccc(/C=c2\sc3n(c2=O)[C@H](c2ccc(F)cc2)C(C(=O)OCC)=C(C)N=3)cc1OCC. The number of hydrogen-bond donors (Lipinski definition) is 0. The number of nitrogens with zero attached hydrogens (tertiary/aromatic N) is 2. The predicted octanol–water partition coefficient (Wildman–Crippen LogP) is 3.90. The predicted molar refractivity (Wildman–Crippen MR) is 140 cm³/mol. The van der Waals surface area contributed by atoms with Crippen LogP contribution in [0, 0.1) is 5.82 Å². The number of carbonyl (C=O) groups is 1. The molecule has 0 bridgehead atoms. The molecule has 3 aromatic rings. The standard InChI is InChI=1S/C28H27FN2O5S/c1-5-14-36-21-13-8-18(15-22(21)34-6-2)16-23-26(32)31-25(19-9-11-20(29)12-10-19)24(27(33)35-7-3)17(4)30-28(31)37-23/h5,8-13,15-16,25H,1,6-7,14H2,2-4H3/b23-16-/t25-/m1/s1. The second-order valence-electron chi connectivity index (χ2n) is 8.09. The normalized spacial score (nSPS) is 15.1. The fourth-order valence-corrected chi connectivity index (χ4v) is 5.10. The molecule has 0 aliphatic carbocycles. The molecule has 0 fully saturated rings. The van der Waals surface area contributed by atoms with Gasteiger partial charge in [0.25, 0.3) is 5.56 Å². The van der Waals surface area contributed by atoms with Crippen LogP contribution < -0.4 is 24.4 Å². The summed E-state index contributed by atoms with van der Waals surface area (Å²) in [6.07, 6.45) is 3.39. The maximum atomic E-state index is 13.7. The van der Waals surface area contributed by atoms with Crippen LogP contribution in [0.2, 0.25) is 0 Å². The Bertz CT molecular complexity index is 1540. The fourth-order valence-electron chi connectivity index (χ4n) is 4.05. The zero-order valence-electron chi connectivity index (χ0n) is 20.8. The number of ether oxygens (including phenoxy) is 3. The van der Waals surface area contributed by atoms with Gasteiger partial charge in [-0.3, -0.25) is 9.36 Å². The van der Waals surface area contributed by atoms with Crippen LogP contribution in [0.3, 0.4) is 0 Å². The van der Waals surface area contributed by atoms with Gasteiger partial charge in [0.1, 0.15) is 12.4 Å². The van der Waals surface area contributed by atoms with Crippen LogP contribution >= 0.6 is 11.3 Å². The van der Waals surface area contributed by atoms with Gasteiger partial charge >= 0.3 is 5.97 Å². The van der Waals surface area contributed by atoms with Crippen LogP contribution in [-0.2, 0) is 9.53 Å². The van der Waals surface area contributed by atoms with Crippen LogP contribution in [0.1, 0.15) is 37.9 Å². The van der Waals surface area contributed by atoms with E-state index in [1.165, 1.54) is 28.0 Å². The summed E-state index contributed by atoms with van der Waals surface area (Å²) in [7, 11) is 0. The van der Waals surface area contributed by atoms with Gasteiger partial charge in [0.15, 0.2) is 16.3 Å². The van der Waals surface area contributed by atoms with Gasteiger partial charge in [0, 0.05) is 0 Å². The summed E-state index contributed by atoms with van der Waals surface area (Å²) in [5.41, 5.74) is 1.68. The number of benzene rings is 2. The quantitative estimate of drug-likeness (QED) is 0.315. The van der Waals surface area contributed by atoms with Gasteiger partial charge in [0.05, 0.1) is 35.1 Å². The maximum Gasteiger partial charge on any atom is 0.338 e. The Labute approximate surface area is 217 Å². The molecule has 2 aromatic carbocycles. The number of aromatic nitrogens is 1. The lowest BCUT2D eigenvalue weighted by Crippen LogP contribution is -2.39. The lowest BCUT2D eigenvalue weighted by atomic mass is 9.96. The molecule has 1 aliphatic rings. The van der Waals surface area contributed by atoms with Crippen LogP contribution in [0.5, 0.6) is 11.5 Å². The molecular weight excluding hydrogens is 495 g/mol. The lowest BCUT2D eigenvalue weighted by molar-refractivity contribution is -0.139. The minimum absolute atomic E-state index is 0.171. The fraction of sp³-hybridized carbons (Fsp3) is 0.250. The van der Waals surface area contributed by atoms with Gasteiger partial charge in [0.2, 0.25) is 0 Å². The molecule has 1 atom stereocenters. The Morgan fingerprint density at radius 1 is 1.14 bits per heavy atom. The highest BCUT2D eigenvalue weighted by atomic mass is 32.1. The summed E-state index contributed by atoms with van der Waals surface area (Å²) in [6.45, 7) is 9.91. The smallest absolute Gasteiger partial charge is 0.338 e. The molecule has 9 heteroatoms. The summed E-state index contributed by atoms with van der Waals surface area (Å²) in [4.78, 5) is 31.6. The first-order valence-electron chi connectivity index (χ1n) is 11.8. The molecule has 0 N–H and O–H groups in total. The van der Waals surface area contributed by atoms with Crippen molar-refractivity contribution in [1.82, 2.24) is 4.57 Å². The van der Waals surface area contributed by atoms with Crippen LogP contribution in [0.15, 0.2) is 76.2 Å². The number of fused-ring (bicyclic) bond motifs is 1. The van der Waals surface area contributed by atoms with E-state index in [-0.39, 0.29) is 17.7 Å². The first-order chi connectivity index (χ1) is 17.9. The molecule has 0 saturated heterocycles. The topological polar surface area (TPSA) is 79.1 Å². The third kappa shape index (κ3) is 5.41. The molecular formula is C28H27FN2O5S. The number of rotatable bonds is 9. The van der Waals surface area contributed by atoms with Gasteiger partial charge in [-0.05, 0) is 62.2 Å². The monoisotopic (exact) mass is 522 g/mol. The summed E-state index contributed by atoms with van der Waals surface area (Å²) in [5.74, 6) is 0.144. The molecule has 0 amide bonds. The molecule has 192 valence electrons. The van der Waals surface area contributed by atoms with Gasteiger partial charge < -0.3 is 14.2 Å². The Hall–Kier alpha value is -3.98. The van der Waals surface area contributed by atoms with Crippen LogP contribution in [0.25, 0.3) is 6.08 Å². The molecule has 2 heterocycles. The maximum absolute atomic E-state index is 13.7. The van der Waals surface area contributed by atoms with E-state index in [0.29, 0.717) is 45.3 Å². The highest BCUT2D eigenvalue weighted by Crippen LogP contribution is 2.31. The lowest BCUT2D eigenvalue weighted by Gasteiger charge is -2.24. The number of carbonyl (C=O) groups excluding carboxylic acids is 1. The van der Waals surface area contributed by atoms with E-state index in [1.807, 2.05) is 13.0 Å². The minimum Gasteiger partial charge on any atom is -0.490 e. The van der Waals surface area contributed by atoms with Crippen molar-refractivity contribution in [2.45, 2.75) is 26.8 Å². The number of esters is 1.